The van der Waals surface area contributed by atoms with Crippen molar-refractivity contribution >= 4 is 46.7 Å². The van der Waals surface area contributed by atoms with Crippen molar-refractivity contribution in [2.45, 2.75) is 25.7 Å². The van der Waals surface area contributed by atoms with Gasteiger partial charge in [0.2, 0.25) is 11.8 Å². The number of imide groups is 1. The van der Waals surface area contributed by atoms with Gasteiger partial charge >= 0.3 is 5.97 Å². The summed E-state index contributed by atoms with van der Waals surface area (Å²) >= 11 is 6.08. The number of fused-ring (bicyclic) bond motifs is 5. The van der Waals surface area contributed by atoms with Crippen molar-refractivity contribution in [3.8, 4) is 0 Å². The number of nitrogens with one attached hydrogen (secondary N) is 1. The Balaban J connectivity index is 1.10. The highest BCUT2D eigenvalue weighted by atomic mass is 35.5. The van der Waals surface area contributed by atoms with Crippen molar-refractivity contribution in [2.75, 3.05) is 16.8 Å². The first-order valence-corrected chi connectivity index (χ1v) is 13.5. The fourth-order valence-electron chi connectivity index (χ4n) is 6.69. The average Bonchev–Trinajstić information content (AvgIpc) is 3.62. The third-order valence-electron chi connectivity index (χ3n) is 8.48. The van der Waals surface area contributed by atoms with Gasteiger partial charge in [-0.3, -0.25) is 19.3 Å². The van der Waals surface area contributed by atoms with Gasteiger partial charge in [-0.25, -0.2) is 4.79 Å². The molecule has 0 radical (unpaired) electrons. The molecule has 0 unspecified atom stereocenters. The summed E-state index contributed by atoms with van der Waals surface area (Å²) in [5.74, 6) is -1.36. The number of benzene rings is 3. The van der Waals surface area contributed by atoms with Gasteiger partial charge in [0, 0.05) is 10.7 Å². The number of hydrogen-bond acceptors (Lipinski definition) is 5. The van der Waals surface area contributed by atoms with E-state index in [4.69, 9.17) is 16.3 Å². The number of halogens is 1. The number of hydrogen-bond donors (Lipinski definition) is 1. The first-order valence-electron chi connectivity index (χ1n) is 13.1. The Morgan fingerprint density at radius 1 is 0.923 bits per heavy atom. The molecule has 198 valence electrons. The molecule has 7 nitrogen and oxygen atoms in total. The summed E-state index contributed by atoms with van der Waals surface area (Å²) in [5.41, 5.74) is 3.16. The highest BCUT2D eigenvalue weighted by Crippen LogP contribution is 2.61. The van der Waals surface area contributed by atoms with E-state index < -0.39 is 18.5 Å². The molecule has 3 fully saturated rings. The molecule has 2 bridgehead atoms. The second-order valence-corrected chi connectivity index (χ2v) is 11.0. The Morgan fingerprint density at radius 2 is 1.64 bits per heavy atom. The van der Waals surface area contributed by atoms with E-state index in [0.717, 1.165) is 12.8 Å². The van der Waals surface area contributed by atoms with Crippen LogP contribution in [0.3, 0.4) is 0 Å². The molecule has 1 heterocycles. The van der Waals surface area contributed by atoms with E-state index in [1.54, 1.807) is 37.3 Å². The highest BCUT2D eigenvalue weighted by Gasteiger charge is 2.64. The van der Waals surface area contributed by atoms with E-state index in [2.05, 4.69) is 17.4 Å². The minimum atomic E-state index is -0.681. The van der Waals surface area contributed by atoms with Gasteiger partial charge in [-0.1, -0.05) is 48.0 Å². The van der Waals surface area contributed by atoms with E-state index in [9.17, 15) is 19.2 Å². The van der Waals surface area contributed by atoms with E-state index in [0.29, 0.717) is 27.9 Å². The molecule has 0 aromatic heterocycles. The molecule has 3 aliphatic rings. The van der Waals surface area contributed by atoms with Crippen LogP contribution in [0, 0.1) is 30.6 Å². The van der Waals surface area contributed by atoms with Gasteiger partial charge in [-0.15, -0.1) is 0 Å². The second-order valence-electron chi connectivity index (χ2n) is 10.6. The topological polar surface area (TPSA) is 92.8 Å². The lowest BCUT2D eigenvalue weighted by Crippen LogP contribution is -2.33. The lowest BCUT2D eigenvalue weighted by atomic mass is 9.73. The summed E-state index contributed by atoms with van der Waals surface area (Å²) < 4.78 is 5.16. The molecule has 0 spiro atoms. The van der Waals surface area contributed by atoms with E-state index >= 15 is 0 Å². The summed E-state index contributed by atoms with van der Waals surface area (Å²) in [4.78, 5) is 53.0. The lowest BCUT2D eigenvalue weighted by Gasteiger charge is -2.28. The third kappa shape index (κ3) is 4.40. The smallest absolute Gasteiger partial charge is 0.338 e. The number of nitrogens with zero attached hydrogens (tertiary/aromatic N) is 1. The number of carbonyl (C=O) groups excluding carboxylic acids is 4. The predicted octanol–water partition coefficient (Wildman–Crippen LogP) is 5.37. The Kier molecular flexibility index (Phi) is 6.47. The van der Waals surface area contributed by atoms with Crippen LogP contribution in [-0.4, -0.2) is 30.3 Å². The zero-order valence-corrected chi connectivity index (χ0v) is 22.1. The van der Waals surface area contributed by atoms with Crippen molar-refractivity contribution in [3.63, 3.8) is 0 Å². The molecule has 1 saturated heterocycles. The SMILES string of the molecule is Cc1c(Cl)cccc1NC(=O)COC(=O)c1ccc(N2C(=O)[C@@H]3[C@@H]4C[C@@H]([C@H]3C2=O)[C@@H](c2ccccc2)C4)cc1. The van der Waals surface area contributed by atoms with E-state index in [1.807, 2.05) is 18.2 Å². The standard InChI is InChI=1S/C31H27ClN2O5/c1-17-24(32)8-5-9-25(17)33-26(35)16-39-31(38)19-10-12-21(13-11-19)34-29(36)27-20-14-22(18-6-3-2-4-7-18)23(15-20)28(27)30(34)37/h2-13,20,22-23,27-28H,14-16H2,1H3,(H,33,35)/t20-,22+,23+,27+,28+/m0/s1. The van der Waals surface area contributed by atoms with Gasteiger partial charge in [0.05, 0.1) is 23.1 Å². The van der Waals surface area contributed by atoms with Crippen LogP contribution in [0.2, 0.25) is 5.02 Å². The van der Waals surface area contributed by atoms with Crippen LogP contribution in [0.25, 0.3) is 0 Å². The molecule has 2 aliphatic carbocycles. The van der Waals surface area contributed by atoms with E-state index in [-0.39, 0.29) is 41.0 Å². The molecule has 3 aromatic rings. The van der Waals surface area contributed by atoms with Crippen molar-refractivity contribution in [1.82, 2.24) is 0 Å². The van der Waals surface area contributed by atoms with E-state index in [1.165, 1.54) is 22.6 Å². The quantitative estimate of drug-likeness (QED) is 0.334. The molecule has 8 heteroatoms. The van der Waals surface area contributed by atoms with Crippen LogP contribution in [-0.2, 0) is 19.1 Å². The van der Waals surface area contributed by atoms with Gasteiger partial charge in [-0.2, -0.15) is 0 Å². The summed E-state index contributed by atoms with van der Waals surface area (Å²) in [7, 11) is 0. The molecule has 3 aromatic carbocycles. The van der Waals surface area contributed by atoms with Crippen LogP contribution < -0.4 is 10.2 Å². The van der Waals surface area contributed by atoms with Crippen molar-refractivity contribution in [2.24, 2.45) is 23.7 Å². The van der Waals surface area contributed by atoms with Crippen LogP contribution in [0.15, 0.2) is 72.8 Å². The number of esters is 1. The molecule has 3 amide bonds. The van der Waals surface area contributed by atoms with Crippen LogP contribution in [0.4, 0.5) is 11.4 Å². The van der Waals surface area contributed by atoms with Gasteiger partial charge < -0.3 is 10.1 Å². The first kappa shape index (κ1) is 25.3. The minimum absolute atomic E-state index is 0.146. The fraction of sp³-hybridized carbons (Fsp3) is 0.290. The molecule has 39 heavy (non-hydrogen) atoms. The largest absolute Gasteiger partial charge is 0.452 e. The molecule has 1 N–H and O–H groups in total. The maximum absolute atomic E-state index is 13.5. The van der Waals surface area contributed by atoms with Gasteiger partial charge in [-0.05, 0) is 85.0 Å². The molecular weight excluding hydrogens is 516 g/mol. The number of ether oxygens (including phenoxy) is 1. The van der Waals surface area contributed by atoms with Crippen molar-refractivity contribution in [1.29, 1.82) is 0 Å². The Morgan fingerprint density at radius 3 is 2.38 bits per heavy atom. The third-order valence-corrected chi connectivity index (χ3v) is 8.89. The fourth-order valence-corrected chi connectivity index (χ4v) is 6.86. The van der Waals surface area contributed by atoms with Crippen LogP contribution >= 0.6 is 11.6 Å². The van der Waals surface area contributed by atoms with Crippen LogP contribution in [0.1, 0.15) is 40.2 Å². The highest BCUT2D eigenvalue weighted by molar-refractivity contribution is 6.31. The van der Waals surface area contributed by atoms with Crippen LogP contribution in [0.5, 0.6) is 0 Å². The molecule has 5 atom stereocenters. The Labute approximate surface area is 231 Å². The normalized spacial score (nSPS) is 25.1. The molecule has 1 aliphatic heterocycles. The first-order chi connectivity index (χ1) is 18.8. The van der Waals surface area contributed by atoms with Crippen molar-refractivity contribution in [3.05, 3.63) is 94.5 Å². The average molecular weight is 543 g/mol. The number of rotatable bonds is 6. The maximum Gasteiger partial charge on any atom is 0.338 e. The lowest BCUT2D eigenvalue weighted by molar-refractivity contribution is -0.123. The molecule has 6 rings (SSSR count). The summed E-state index contributed by atoms with van der Waals surface area (Å²) in [5, 5.41) is 3.20. The molecule has 2 saturated carbocycles. The molecular formula is C31H27ClN2O5. The number of amides is 3. The van der Waals surface area contributed by atoms with Gasteiger partial charge in [0.25, 0.3) is 5.91 Å². The van der Waals surface area contributed by atoms with Gasteiger partial charge in [0.1, 0.15) is 0 Å². The number of anilines is 2. The summed E-state index contributed by atoms with van der Waals surface area (Å²) in [6.45, 7) is 1.31. The maximum atomic E-state index is 13.5. The minimum Gasteiger partial charge on any atom is -0.452 e. The number of carbonyl (C=O) groups is 4. The second kappa shape index (κ2) is 9.97. The summed E-state index contributed by atoms with van der Waals surface area (Å²) in [6.07, 6.45) is 1.84. The zero-order valence-electron chi connectivity index (χ0n) is 21.3. The monoisotopic (exact) mass is 542 g/mol. The summed E-state index contributed by atoms with van der Waals surface area (Å²) in [6, 6.07) is 21.6. The van der Waals surface area contributed by atoms with Crippen molar-refractivity contribution < 1.29 is 23.9 Å². The Bertz CT molecular complexity index is 1470. The van der Waals surface area contributed by atoms with Gasteiger partial charge in [0.15, 0.2) is 6.61 Å². The zero-order chi connectivity index (χ0) is 27.3. The predicted molar refractivity (Wildman–Crippen MR) is 146 cm³/mol. The Hall–Kier alpha value is -3.97.